The predicted molar refractivity (Wildman–Crippen MR) is 138 cm³/mol. The van der Waals surface area contributed by atoms with Crippen molar-refractivity contribution in [1.82, 2.24) is 19.7 Å². The van der Waals surface area contributed by atoms with Gasteiger partial charge in [0, 0.05) is 35.1 Å². The van der Waals surface area contributed by atoms with Crippen molar-refractivity contribution >= 4 is 40.1 Å². The van der Waals surface area contributed by atoms with Crippen LogP contribution in [0.25, 0.3) is 11.2 Å². The Kier molecular flexibility index (Phi) is 6.77. The van der Waals surface area contributed by atoms with E-state index in [0.29, 0.717) is 34.2 Å². The van der Waals surface area contributed by atoms with Crippen molar-refractivity contribution in [3.05, 3.63) is 59.7 Å². The highest BCUT2D eigenvalue weighted by Crippen LogP contribution is 2.33. The third kappa shape index (κ3) is 5.05. The number of fused-ring (bicyclic) bond motifs is 1. The van der Waals surface area contributed by atoms with Crippen LogP contribution in [0.4, 0.5) is 24.7 Å². The van der Waals surface area contributed by atoms with Crippen LogP contribution in [-0.4, -0.2) is 51.0 Å². The SMILES string of the molecule is Cc1cc(Nc2nccn3c(C4=CCN=C4C(F)(F)F)cnc23)ccc1C(=O)NCC(=O)C1CC[C@@H](C)C1. The molecule has 11 heteroatoms. The van der Waals surface area contributed by atoms with Crippen LogP contribution in [0.1, 0.15) is 47.8 Å². The first-order valence-electron chi connectivity index (χ1n) is 12.4. The van der Waals surface area contributed by atoms with Gasteiger partial charge in [-0.2, -0.15) is 13.2 Å². The summed E-state index contributed by atoms with van der Waals surface area (Å²) in [6, 6.07) is 5.12. The first-order chi connectivity index (χ1) is 18.1. The van der Waals surface area contributed by atoms with Crippen LogP contribution >= 0.6 is 0 Å². The van der Waals surface area contributed by atoms with Crippen LogP contribution in [0.2, 0.25) is 0 Å². The Hall–Kier alpha value is -4.02. The zero-order valence-electron chi connectivity index (χ0n) is 21.0. The zero-order valence-corrected chi connectivity index (χ0v) is 21.0. The molecular weight excluding hydrogens is 497 g/mol. The molecule has 2 N–H and O–H groups in total. The van der Waals surface area contributed by atoms with E-state index < -0.39 is 11.9 Å². The number of hydrogen-bond donors (Lipinski definition) is 2. The molecule has 0 spiro atoms. The van der Waals surface area contributed by atoms with Gasteiger partial charge in [-0.1, -0.05) is 13.0 Å². The molecular formula is C27H27F3N6O2. The van der Waals surface area contributed by atoms with Gasteiger partial charge in [-0.25, -0.2) is 9.97 Å². The Morgan fingerprint density at radius 1 is 1.18 bits per heavy atom. The van der Waals surface area contributed by atoms with Crippen LogP contribution in [0.15, 0.2) is 47.9 Å². The number of benzene rings is 1. The molecule has 3 aromatic rings. The molecule has 0 radical (unpaired) electrons. The van der Waals surface area contributed by atoms with E-state index in [4.69, 9.17) is 0 Å². The number of allylic oxidation sites excluding steroid dienone is 1. The number of rotatable bonds is 7. The highest BCUT2D eigenvalue weighted by Gasteiger charge is 2.40. The molecule has 2 atom stereocenters. The quantitative estimate of drug-likeness (QED) is 0.457. The van der Waals surface area contributed by atoms with Gasteiger partial charge in [-0.05, 0) is 55.9 Å². The predicted octanol–water partition coefficient (Wildman–Crippen LogP) is 4.92. The summed E-state index contributed by atoms with van der Waals surface area (Å²) in [5.41, 5.74) is 1.43. The van der Waals surface area contributed by atoms with E-state index in [9.17, 15) is 22.8 Å². The minimum atomic E-state index is -4.56. The van der Waals surface area contributed by atoms with Crippen molar-refractivity contribution in [2.24, 2.45) is 16.8 Å². The molecule has 1 saturated carbocycles. The molecule has 1 fully saturated rings. The molecule has 3 heterocycles. The first kappa shape index (κ1) is 25.6. The van der Waals surface area contributed by atoms with Crippen molar-refractivity contribution in [1.29, 1.82) is 0 Å². The summed E-state index contributed by atoms with van der Waals surface area (Å²) in [7, 11) is 0. The van der Waals surface area contributed by atoms with Crippen LogP contribution in [0.5, 0.6) is 0 Å². The van der Waals surface area contributed by atoms with Crippen LogP contribution in [-0.2, 0) is 4.79 Å². The lowest BCUT2D eigenvalue weighted by Gasteiger charge is -2.13. The molecule has 5 rings (SSSR count). The molecule has 1 unspecified atom stereocenters. The fourth-order valence-electron chi connectivity index (χ4n) is 5.12. The molecule has 0 saturated heterocycles. The number of halogens is 3. The highest BCUT2D eigenvalue weighted by atomic mass is 19.4. The van der Waals surface area contributed by atoms with E-state index in [2.05, 4.69) is 32.5 Å². The van der Waals surface area contributed by atoms with E-state index in [1.165, 1.54) is 22.9 Å². The number of anilines is 2. The third-order valence-electron chi connectivity index (χ3n) is 7.08. The summed E-state index contributed by atoms with van der Waals surface area (Å²) in [6.07, 6.45) is 4.04. The normalized spacial score (nSPS) is 19.4. The lowest BCUT2D eigenvalue weighted by Crippen LogP contribution is -2.32. The average molecular weight is 525 g/mol. The van der Waals surface area contributed by atoms with Crippen molar-refractivity contribution in [3.63, 3.8) is 0 Å². The summed E-state index contributed by atoms with van der Waals surface area (Å²) in [6.45, 7) is 3.90. The van der Waals surface area contributed by atoms with Gasteiger partial charge in [0.05, 0.1) is 25.0 Å². The first-order valence-corrected chi connectivity index (χ1v) is 12.4. The standard InChI is InChI=1S/C27H27F3N6O2/c1-15-3-4-17(11-15)22(37)14-34-26(38)19-6-5-18(12-16(19)2)35-24-25-33-13-21(36(25)10-9-32-24)20-7-8-31-23(20)27(28,29)30/h5-7,9-10,12-13,15,17H,3-4,8,11,14H2,1-2H3,(H,32,35)(H,34,38)/t15-,17?/m1/s1. The number of Topliss-reactive ketones (excluding diaryl/α,β-unsaturated/α-hetero) is 1. The van der Waals surface area contributed by atoms with Gasteiger partial charge in [0.2, 0.25) is 0 Å². The number of nitrogens with zero attached hydrogens (tertiary/aromatic N) is 4. The number of ketones is 1. The van der Waals surface area contributed by atoms with E-state index in [-0.39, 0.29) is 42.0 Å². The summed E-state index contributed by atoms with van der Waals surface area (Å²) in [4.78, 5) is 37.3. The maximum absolute atomic E-state index is 13.4. The lowest BCUT2D eigenvalue weighted by molar-refractivity contribution is -0.121. The van der Waals surface area contributed by atoms with E-state index in [0.717, 1.165) is 19.3 Å². The van der Waals surface area contributed by atoms with Crippen molar-refractivity contribution in [3.8, 4) is 0 Å². The molecule has 1 aliphatic heterocycles. The summed E-state index contributed by atoms with van der Waals surface area (Å²) in [5.74, 6) is 0.656. The molecule has 2 aliphatic rings. The fourth-order valence-corrected chi connectivity index (χ4v) is 5.12. The van der Waals surface area contributed by atoms with Crippen molar-refractivity contribution < 1.29 is 22.8 Å². The maximum Gasteiger partial charge on any atom is 0.433 e. The molecule has 1 aromatic carbocycles. The second kappa shape index (κ2) is 10.0. The number of carbonyl (C=O) groups excluding carboxylic acids is 2. The van der Waals surface area contributed by atoms with Gasteiger partial charge in [0.1, 0.15) is 5.71 Å². The number of aliphatic imine (C=N–C) groups is 1. The van der Waals surface area contributed by atoms with E-state index in [1.807, 2.05) is 0 Å². The number of amides is 1. The van der Waals surface area contributed by atoms with Gasteiger partial charge in [-0.15, -0.1) is 0 Å². The molecule has 198 valence electrons. The lowest BCUT2D eigenvalue weighted by atomic mass is 10.0. The van der Waals surface area contributed by atoms with Gasteiger partial charge in [0.25, 0.3) is 5.91 Å². The number of carbonyl (C=O) groups is 2. The van der Waals surface area contributed by atoms with E-state index in [1.54, 1.807) is 31.3 Å². The Labute approximate surface area is 217 Å². The van der Waals surface area contributed by atoms with E-state index >= 15 is 0 Å². The van der Waals surface area contributed by atoms with Gasteiger partial charge in [-0.3, -0.25) is 19.0 Å². The number of aryl methyl sites for hydroxylation is 1. The minimum Gasteiger partial charge on any atom is -0.345 e. The Bertz CT molecular complexity index is 1470. The number of alkyl halides is 3. The highest BCUT2D eigenvalue weighted by molar-refractivity contribution is 6.27. The maximum atomic E-state index is 13.4. The molecule has 0 bridgehead atoms. The number of aromatic nitrogens is 3. The molecule has 2 aromatic heterocycles. The monoisotopic (exact) mass is 524 g/mol. The topological polar surface area (TPSA) is 101 Å². The van der Waals surface area contributed by atoms with Gasteiger partial charge < -0.3 is 10.6 Å². The molecule has 8 nitrogen and oxygen atoms in total. The summed E-state index contributed by atoms with van der Waals surface area (Å²) >= 11 is 0. The Morgan fingerprint density at radius 3 is 2.71 bits per heavy atom. The van der Waals surface area contributed by atoms with Gasteiger partial charge in [0.15, 0.2) is 17.2 Å². The number of hydrogen-bond acceptors (Lipinski definition) is 6. The molecule has 1 amide bonds. The van der Waals surface area contributed by atoms with Crippen LogP contribution < -0.4 is 10.6 Å². The van der Waals surface area contributed by atoms with Crippen LogP contribution in [0, 0.1) is 18.8 Å². The van der Waals surface area contributed by atoms with Crippen LogP contribution in [0.3, 0.4) is 0 Å². The largest absolute Gasteiger partial charge is 0.433 e. The average Bonchev–Trinajstić information content (AvgIpc) is 3.61. The Balaban J connectivity index is 1.30. The number of nitrogens with one attached hydrogen (secondary N) is 2. The Morgan fingerprint density at radius 2 is 2.00 bits per heavy atom. The summed E-state index contributed by atoms with van der Waals surface area (Å²) < 4.78 is 41.7. The minimum absolute atomic E-state index is 0.0149. The second-order valence-corrected chi connectivity index (χ2v) is 9.84. The zero-order chi connectivity index (χ0) is 27.0. The molecule has 38 heavy (non-hydrogen) atoms. The third-order valence-corrected chi connectivity index (χ3v) is 7.08. The second-order valence-electron chi connectivity index (χ2n) is 9.84. The number of imidazole rings is 1. The fraction of sp³-hybridized carbons (Fsp3) is 0.370. The van der Waals surface area contributed by atoms with Crippen molar-refractivity contribution in [2.75, 3.05) is 18.4 Å². The van der Waals surface area contributed by atoms with Gasteiger partial charge >= 0.3 is 6.18 Å². The smallest absolute Gasteiger partial charge is 0.345 e. The van der Waals surface area contributed by atoms with Crippen molar-refractivity contribution in [2.45, 2.75) is 39.3 Å². The molecule has 1 aliphatic carbocycles. The summed E-state index contributed by atoms with van der Waals surface area (Å²) in [5, 5.41) is 5.88.